The van der Waals surface area contributed by atoms with Crippen molar-refractivity contribution in [3.05, 3.63) is 29.6 Å². The molecule has 17 heavy (non-hydrogen) atoms. The van der Waals surface area contributed by atoms with Gasteiger partial charge in [0, 0.05) is 0 Å². The minimum Gasteiger partial charge on any atom is -0.505 e. The van der Waals surface area contributed by atoms with E-state index >= 15 is 0 Å². The maximum atomic E-state index is 13.4. The quantitative estimate of drug-likeness (QED) is 0.797. The molecule has 2 N–H and O–H groups in total. The van der Waals surface area contributed by atoms with E-state index < -0.39 is 36.2 Å². The van der Waals surface area contributed by atoms with Gasteiger partial charge in [-0.1, -0.05) is 6.07 Å². The number of hydrogen-bond donors (Lipinski definition) is 2. The summed E-state index contributed by atoms with van der Waals surface area (Å²) in [6.07, 6.45) is -0.991. The van der Waals surface area contributed by atoms with Gasteiger partial charge in [-0.15, -0.1) is 0 Å². The Morgan fingerprint density at radius 2 is 2.18 bits per heavy atom. The van der Waals surface area contributed by atoms with E-state index in [0.717, 1.165) is 18.2 Å². The summed E-state index contributed by atoms with van der Waals surface area (Å²) in [6, 6.07) is 1.14. The molecule has 92 valence electrons. The molecule has 0 spiro atoms. The first kappa shape index (κ1) is 11.6. The number of carbonyl (C=O) groups excluding carboxylic acids is 1. The topological polar surface area (TPSA) is 58.6 Å². The van der Waals surface area contributed by atoms with Crippen molar-refractivity contribution >= 4 is 6.09 Å². The van der Waals surface area contributed by atoms with Crippen molar-refractivity contribution in [1.82, 2.24) is 5.32 Å². The van der Waals surface area contributed by atoms with Gasteiger partial charge in [-0.05, 0) is 17.7 Å². The van der Waals surface area contributed by atoms with Crippen LogP contribution in [0.1, 0.15) is 11.6 Å². The number of rotatable bonds is 1. The van der Waals surface area contributed by atoms with E-state index in [0.29, 0.717) is 0 Å². The highest BCUT2D eigenvalue weighted by Crippen LogP contribution is 2.35. The van der Waals surface area contributed by atoms with Crippen LogP contribution in [0.25, 0.3) is 0 Å². The van der Waals surface area contributed by atoms with Crippen LogP contribution in [-0.2, 0) is 4.74 Å². The number of hydrogen-bond acceptors (Lipinski definition) is 3. The van der Waals surface area contributed by atoms with Gasteiger partial charge in [0.1, 0.15) is 6.04 Å². The molecule has 1 aliphatic heterocycles. The number of amides is 1. The van der Waals surface area contributed by atoms with Gasteiger partial charge in [-0.25, -0.2) is 18.0 Å². The van der Waals surface area contributed by atoms with Crippen molar-refractivity contribution in [3.8, 4) is 5.75 Å². The van der Waals surface area contributed by atoms with Crippen LogP contribution in [0.2, 0.25) is 0 Å². The average molecular weight is 247 g/mol. The summed E-state index contributed by atoms with van der Waals surface area (Å²) >= 11 is 0. The van der Waals surface area contributed by atoms with E-state index in [-0.39, 0.29) is 5.56 Å². The predicted octanol–water partition coefficient (Wildman–Crippen LogP) is 1.95. The number of alkyl halides is 2. The molecule has 4 nitrogen and oxygen atoms in total. The number of benzene rings is 1. The molecule has 2 rings (SSSR count). The van der Waals surface area contributed by atoms with Crippen molar-refractivity contribution in [2.75, 3.05) is 6.61 Å². The maximum Gasteiger partial charge on any atom is 0.408 e. The largest absolute Gasteiger partial charge is 0.505 e. The molecule has 0 aromatic heterocycles. The molecule has 1 heterocycles. The molecule has 1 aliphatic rings. The molecular weight excluding hydrogens is 239 g/mol. The number of phenolic OH excluding ortho intramolecular Hbond substituents is 1. The van der Waals surface area contributed by atoms with E-state index in [2.05, 4.69) is 4.74 Å². The first-order valence-electron chi connectivity index (χ1n) is 4.70. The molecule has 1 saturated heterocycles. The van der Waals surface area contributed by atoms with Crippen LogP contribution >= 0.6 is 0 Å². The van der Waals surface area contributed by atoms with Crippen molar-refractivity contribution in [2.45, 2.75) is 12.0 Å². The fourth-order valence-electron chi connectivity index (χ4n) is 1.54. The van der Waals surface area contributed by atoms with Crippen LogP contribution in [0.3, 0.4) is 0 Å². The zero-order valence-corrected chi connectivity index (χ0v) is 8.41. The first-order chi connectivity index (χ1) is 7.90. The second-order valence-corrected chi connectivity index (χ2v) is 3.63. The monoisotopic (exact) mass is 247 g/mol. The summed E-state index contributed by atoms with van der Waals surface area (Å²) in [5, 5.41) is 10.9. The Kier molecular flexibility index (Phi) is 2.60. The van der Waals surface area contributed by atoms with Crippen molar-refractivity contribution in [1.29, 1.82) is 0 Å². The van der Waals surface area contributed by atoms with Gasteiger partial charge < -0.3 is 15.2 Å². The molecular formula is C10H8F3NO3. The summed E-state index contributed by atoms with van der Waals surface area (Å²) in [7, 11) is 0. The molecule has 1 atom stereocenters. The zero-order chi connectivity index (χ0) is 12.6. The van der Waals surface area contributed by atoms with Crippen LogP contribution in [0, 0.1) is 5.82 Å². The van der Waals surface area contributed by atoms with E-state index in [1.807, 2.05) is 5.32 Å². The Balaban J connectivity index is 2.36. The van der Waals surface area contributed by atoms with Crippen LogP contribution in [0.4, 0.5) is 18.0 Å². The minimum atomic E-state index is -3.34. The van der Waals surface area contributed by atoms with Gasteiger partial charge in [-0.2, -0.15) is 0 Å². The van der Waals surface area contributed by atoms with Crippen molar-refractivity contribution < 1.29 is 27.8 Å². The van der Waals surface area contributed by atoms with Crippen LogP contribution in [0.5, 0.6) is 5.75 Å². The lowest BCUT2D eigenvalue weighted by molar-refractivity contribution is -0.104. The minimum absolute atomic E-state index is 0.137. The smallest absolute Gasteiger partial charge is 0.408 e. The lowest BCUT2D eigenvalue weighted by Crippen LogP contribution is -2.49. The van der Waals surface area contributed by atoms with Gasteiger partial charge in [0.15, 0.2) is 18.2 Å². The highest BCUT2D eigenvalue weighted by atomic mass is 19.3. The molecule has 0 radical (unpaired) electrons. The second-order valence-electron chi connectivity index (χ2n) is 3.63. The lowest BCUT2D eigenvalue weighted by Gasteiger charge is -2.31. The molecule has 0 aliphatic carbocycles. The molecule has 1 aromatic rings. The van der Waals surface area contributed by atoms with Crippen LogP contribution in [-0.4, -0.2) is 23.7 Å². The standard InChI is InChI=1S/C10H8F3NO3/c11-6-3-5(1-2-7(6)15)8-10(12,13)4-17-9(16)14-8/h1-3,8,15H,4H2,(H,14,16)/t8-/m0/s1. The molecule has 0 unspecified atom stereocenters. The summed E-state index contributed by atoms with van der Waals surface area (Å²) in [5.74, 6) is -5.01. The predicted molar refractivity (Wildman–Crippen MR) is 50.2 cm³/mol. The van der Waals surface area contributed by atoms with Crippen LogP contribution in [0.15, 0.2) is 18.2 Å². The Morgan fingerprint density at radius 3 is 2.82 bits per heavy atom. The van der Waals surface area contributed by atoms with E-state index in [4.69, 9.17) is 5.11 Å². The number of halogens is 3. The van der Waals surface area contributed by atoms with Gasteiger partial charge in [0.25, 0.3) is 0 Å². The maximum absolute atomic E-state index is 13.4. The Bertz CT molecular complexity index is 464. The Labute approximate surface area is 94.0 Å². The number of ether oxygens (including phenoxy) is 1. The molecule has 0 saturated carbocycles. The average Bonchev–Trinajstić information content (AvgIpc) is 2.26. The summed E-state index contributed by atoms with van der Waals surface area (Å²) in [6.45, 7) is -1.06. The third-order valence-corrected chi connectivity index (χ3v) is 2.39. The fraction of sp³-hybridized carbons (Fsp3) is 0.300. The first-order valence-corrected chi connectivity index (χ1v) is 4.70. The third-order valence-electron chi connectivity index (χ3n) is 2.39. The van der Waals surface area contributed by atoms with Gasteiger partial charge in [-0.3, -0.25) is 0 Å². The van der Waals surface area contributed by atoms with Gasteiger partial charge in [0.2, 0.25) is 0 Å². The van der Waals surface area contributed by atoms with Gasteiger partial charge >= 0.3 is 12.0 Å². The second kappa shape index (κ2) is 3.83. The fourth-order valence-corrected chi connectivity index (χ4v) is 1.54. The SMILES string of the molecule is O=C1N[C@@H](c2ccc(O)c(F)c2)C(F)(F)CO1. The van der Waals surface area contributed by atoms with Gasteiger partial charge in [0.05, 0.1) is 0 Å². The number of cyclic esters (lactones) is 1. The van der Waals surface area contributed by atoms with E-state index in [1.54, 1.807) is 0 Å². The highest BCUT2D eigenvalue weighted by molar-refractivity contribution is 5.69. The molecule has 1 fully saturated rings. The Morgan fingerprint density at radius 1 is 1.47 bits per heavy atom. The summed E-state index contributed by atoms with van der Waals surface area (Å²) in [5.41, 5.74) is -0.137. The third kappa shape index (κ3) is 2.13. The van der Waals surface area contributed by atoms with Crippen LogP contribution < -0.4 is 5.32 Å². The lowest BCUT2D eigenvalue weighted by atomic mass is 10.00. The molecule has 1 amide bonds. The summed E-state index contributed by atoms with van der Waals surface area (Å²) < 4.78 is 44.1. The molecule has 1 aromatic carbocycles. The van der Waals surface area contributed by atoms with E-state index in [9.17, 15) is 18.0 Å². The highest BCUT2D eigenvalue weighted by Gasteiger charge is 2.46. The number of carbonyl (C=O) groups is 1. The summed E-state index contributed by atoms with van der Waals surface area (Å²) in [4.78, 5) is 10.9. The Hall–Kier alpha value is -1.92. The number of nitrogens with one attached hydrogen (secondary N) is 1. The van der Waals surface area contributed by atoms with Crippen molar-refractivity contribution in [3.63, 3.8) is 0 Å². The molecule has 0 bridgehead atoms. The number of alkyl carbamates (subject to hydrolysis) is 1. The number of aromatic hydroxyl groups is 1. The number of phenols is 1. The zero-order valence-electron chi connectivity index (χ0n) is 8.41. The van der Waals surface area contributed by atoms with Crippen molar-refractivity contribution in [2.24, 2.45) is 0 Å². The molecule has 7 heteroatoms. The van der Waals surface area contributed by atoms with E-state index in [1.165, 1.54) is 0 Å². The normalized spacial score (nSPS) is 22.8.